The molecule has 1 unspecified atom stereocenters. The van der Waals surface area contributed by atoms with E-state index in [1.54, 1.807) is 36.4 Å². The largest absolute Gasteiger partial charge is 0.463 e. The molecule has 4 aromatic rings. The van der Waals surface area contributed by atoms with Crippen molar-refractivity contribution in [2.45, 2.75) is 57.1 Å². The van der Waals surface area contributed by atoms with E-state index in [2.05, 4.69) is 19.7 Å². The predicted octanol–water partition coefficient (Wildman–Crippen LogP) is 2.51. The Morgan fingerprint density at radius 1 is 0.956 bits per heavy atom. The molecule has 0 spiro atoms. The lowest BCUT2D eigenvalue weighted by molar-refractivity contribution is -0.166. The third-order valence-corrected chi connectivity index (χ3v) is 8.19. The number of carbonyl (C=O) groups excluding carboxylic acids is 3. The number of aromatic nitrogens is 4. The molecule has 5 rings (SSSR count). The monoisotopic (exact) mass is 638 g/mol. The number of hydrogen-bond donors (Lipinski definition) is 2. The van der Waals surface area contributed by atoms with Gasteiger partial charge in [-0.15, -0.1) is 0 Å². The summed E-state index contributed by atoms with van der Waals surface area (Å²) in [6, 6.07) is 13.0. The first-order valence-corrected chi connectivity index (χ1v) is 15.1. The van der Waals surface area contributed by atoms with Crippen LogP contribution in [-0.4, -0.2) is 70.8 Å². The Morgan fingerprint density at radius 2 is 1.62 bits per heavy atom. The molecular weight excluding hydrogens is 608 g/mol. The number of imidazole rings is 1. The molecule has 0 amide bonds. The van der Waals surface area contributed by atoms with Crippen LogP contribution < -0.4 is 10.5 Å². The second kappa shape index (κ2) is 12.5. The lowest BCUT2D eigenvalue weighted by Crippen LogP contribution is -2.40. The first-order valence-electron chi connectivity index (χ1n) is 13.7. The number of hydrogen-bond acceptors (Lipinski definition) is 13. The highest BCUT2D eigenvalue weighted by Crippen LogP contribution is 2.38. The molecule has 0 bridgehead atoms. The molecular formula is C29H30N6O9S. The first-order chi connectivity index (χ1) is 21.3. The van der Waals surface area contributed by atoms with Crippen LogP contribution in [0.2, 0.25) is 0 Å². The zero-order valence-electron chi connectivity index (χ0n) is 24.7. The molecule has 16 heteroatoms. The quantitative estimate of drug-likeness (QED) is 0.200. The predicted molar refractivity (Wildman–Crippen MR) is 159 cm³/mol. The van der Waals surface area contributed by atoms with Crippen LogP contribution in [0.25, 0.3) is 22.4 Å². The van der Waals surface area contributed by atoms with Crippen molar-refractivity contribution in [2.75, 3.05) is 17.1 Å². The van der Waals surface area contributed by atoms with E-state index in [1.807, 2.05) is 6.92 Å². The summed E-state index contributed by atoms with van der Waals surface area (Å²) < 4.78 is 52.7. The van der Waals surface area contributed by atoms with Gasteiger partial charge < -0.3 is 24.7 Å². The van der Waals surface area contributed by atoms with Gasteiger partial charge in [0, 0.05) is 26.3 Å². The molecule has 0 aliphatic carbocycles. The molecule has 0 radical (unpaired) electrons. The van der Waals surface area contributed by atoms with E-state index in [0.717, 1.165) is 5.56 Å². The molecule has 1 aliphatic rings. The number of sulfonamides is 1. The second-order valence-electron chi connectivity index (χ2n) is 10.2. The molecule has 2 aromatic carbocycles. The molecule has 15 nitrogen and oxygen atoms in total. The maximum atomic E-state index is 13.2. The lowest BCUT2D eigenvalue weighted by atomic mass is 10.1. The van der Waals surface area contributed by atoms with Crippen LogP contribution in [0.1, 0.15) is 32.6 Å². The SMILES string of the molecule is CC(=O)OC[C@@H]1OC(n2cnc3c(-c4ccccc4NS(=O)(=O)c4ccc(C)cc4)nc(N)nc32)[C@@H](OC(C)=O)[C@@H]1OC(C)=O. The van der Waals surface area contributed by atoms with Crippen LogP contribution in [-0.2, 0) is 43.4 Å². The molecule has 3 heterocycles. The van der Waals surface area contributed by atoms with Crippen LogP contribution in [0, 0.1) is 6.92 Å². The number of nitrogens with two attached hydrogens (primary N) is 1. The molecule has 3 N–H and O–H groups in total. The van der Waals surface area contributed by atoms with Crippen LogP contribution in [0.4, 0.5) is 11.6 Å². The Balaban J connectivity index is 1.58. The van der Waals surface area contributed by atoms with Crippen LogP contribution in [0.5, 0.6) is 0 Å². The van der Waals surface area contributed by atoms with E-state index in [-0.39, 0.29) is 40.0 Å². The highest BCUT2D eigenvalue weighted by Gasteiger charge is 2.51. The average Bonchev–Trinajstić information content (AvgIpc) is 3.52. The van der Waals surface area contributed by atoms with Crippen molar-refractivity contribution >= 4 is 50.7 Å². The Morgan fingerprint density at radius 3 is 2.29 bits per heavy atom. The summed E-state index contributed by atoms with van der Waals surface area (Å²) in [5.41, 5.74) is 8.16. The Hall–Kier alpha value is -5.09. The van der Waals surface area contributed by atoms with Crippen molar-refractivity contribution in [3.63, 3.8) is 0 Å². The van der Waals surface area contributed by atoms with Gasteiger partial charge in [0.1, 0.15) is 23.9 Å². The molecule has 1 saturated heterocycles. The molecule has 236 valence electrons. The Labute approximate surface area is 257 Å². The van der Waals surface area contributed by atoms with Gasteiger partial charge in [0.25, 0.3) is 10.0 Å². The van der Waals surface area contributed by atoms with Crippen LogP contribution in [0.3, 0.4) is 0 Å². The summed E-state index contributed by atoms with van der Waals surface area (Å²) in [6.45, 7) is 5.12. The summed E-state index contributed by atoms with van der Waals surface area (Å²) >= 11 is 0. The van der Waals surface area contributed by atoms with Crippen molar-refractivity contribution in [3.05, 3.63) is 60.4 Å². The molecule has 2 aromatic heterocycles. The normalized spacial score (nSPS) is 19.6. The fourth-order valence-corrected chi connectivity index (χ4v) is 6.00. The number of nitrogen functional groups attached to an aromatic ring is 1. The third kappa shape index (κ3) is 6.71. The number of para-hydroxylation sites is 1. The maximum absolute atomic E-state index is 13.2. The minimum Gasteiger partial charge on any atom is -0.463 e. The fraction of sp³-hybridized carbons (Fsp3) is 0.310. The van der Waals surface area contributed by atoms with Gasteiger partial charge in [0.05, 0.1) is 16.9 Å². The standard InChI is InChI=1S/C29H30N6O9S/c1-15-9-11-19(12-10-15)45(39,40)34-21-8-6-5-7-20(21)23-24-27(33-29(30)32-23)35(14-31-24)28-26(43-18(4)38)25(42-17(3)37)22(44-28)13-41-16(2)36/h5-12,14,22,25-26,28,34H,13H2,1-4H3,(H2,30,32,33)/t22-,25+,26-,28?/m0/s1. The minimum absolute atomic E-state index is 0.0695. The van der Waals surface area contributed by atoms with E-state index in [9.17, 15) is 22.8 Å². The number of nitrogens with one attached hydrogen (secondary N) is 1. The van der Waals surface area contributed by atoms with Gasteiger partial charge in [-0.3, -0.25) is 23.7 Å². The Bertz CT molecular complexity index is 1880. The van der Waals surface area contributed by atoms with Crippen molar-refractivity contribution in [2.24, 2.45) is 0 Å². The van der Waals surface area contributed by atoms with E-state index in [4.69, 9.17) is 24.7 Å². The number of ether oxygens (including phenoxy) is 4. The molecule has 4 atom stereocenters. The zero-order valence-corrected chi connectivity index (χ0v) is 25.5. The summed E-state index contributed by atoms with van der Waals surface area (Å²) in [4.78, 5) is 48.9. The van der Waals surface area contributed by atoms with E-state index in [1.165, 1.54) is 43.8 Å². The number of nitrogens with zero attached hydrogens (tertiary/aromatic N) is 4. The number of aryl methyl sites for hydroxylation is 1. The number of fused-ring (bicyclic) bond motifs is 1. The molecule has 0 saturated carbocycles. The number of anilines is 2. The van der Waals surface area contributed by atoms with Crippen molar-refractivity contribution < 1.29 is 41.7 Å². The molecule has 1 aliphatic heterocycles. The summed E-state index contributed by atoms with van der Waals surface area (Å²) in [7, 11) is -3.98. The van der Waals surface area contributed by atoms with Gasteiger partial charge in [-0.2, -0.15) is 4.98 Å². The van der Waals surface area contributed by atoms with Gasteiger partial charge in [-0.25, -0.2) is 18.4 Å². The van der Waals surface area contributed by atoms with Crippen molar-refractivity contribution in [3.8, 4) is 11.3 Å². The zero-order chi connectivity index (χ0) is 32.5. The first kappa shape index (κ1) is 31.3. The number of rotatable bonds is 9. The molecule has 1 fully saturated rings. The van der Waals surface area contributed by atoms with Gasteiger partial charge in [-0.05, 0) is 25.1 Å². The summed E-state index contributed by atoms with van der Waals surface area (Å²) in [5.74, 6) is -2.13. The fourth-order valence-electron chi connectivity index (χ4n) is 4.92. The number of benzene rings is 2. The van der Waals surface area contributed by atoms with Gasteiger partial charge in [0.15, 0.2) is 24.1 Å². The van der Waals surface area contributed by atoms with Gasteiger partial charge >= 0.3 is 17.9 Å². The van der Waals surface area contributed by atoms with Crippen LogP contribution in [0.15, 0.2) is 59.8 Å². The van der Waals surface area contributed by atoms with Crippen molar-refractivity contribution in [1.82, 2.24) is 19.5 Å². The molecule has 45 heavy (non-hydrogen) atoms. The highest BCUT2D eigenvalue weighted by molar-refractivity contribution is 7.92. The Kier molecular flexibility index (Phi) is 8.70. The smallest absolute Gasteiger partial charge is 0.303 e. The highest BCUT2D eigenvalue weighted by atomic mass is 32.2. The second-order valence-corrected chi connectivity index (χ2v) is 11.9. The topological polar surface area (TPSA) is 204 Å². The van der Waals surface area contributed by atoms with Gasteiger partial charge in [-0.1, -0.05) is 35.9 Å². The summed E-state index contributed by atoms with van der Waals surface area (Å²) in [5, 5.41) is 0. The number of carbonyl (C=O) groups is 3. The third-order valence-electron chi connectivity index (χ3n) is 6.81. The number of esters is 3. The van der Waals surface area contributed by atoms with Crippen LogP contribution >= 0.6 is 0 Å². The lowest BCUT2D eigenvalue weighted by Gasteiger charge is -2.23. The summed E-state index contributed by atoms with van der Waals surface area (Å²) in [6.07, 6.45) is -3.16. The van der Waals surface area contributed by atoms with E-state index in [0.29, 0.717) is 5.56 Å². The average molecular weight is 639 g/mol. The maximum Gasteiger partial charge on any atom is 0.303 e. The van der Waals surface area contributed by atoms with Gasteiger partial charge in [0.2, 0.25) is 5.95 Å². The van der Waals surface area contributed by atoms with E-state index >= 15 is 0 Å². The van der Waals surface area contributed by atoms with E-state index < -0.39 is 52.5 Å². The minimum atomic E-state index is -3.98. The van der Waals surface area contributed by atoms with Crippen molar-refractivity contribution in [1.29, 1.82) is 0 Å².